The Bertz CT molecular complexity index is 1680. The third kappa shape index (κ3) is 7.52. The van der Waals surface area contributed by atoms with E-state index >= 15 is 0 Å². The molecule has 0 unspecified atom stereocenters. The summed E-state index contributed by atoms with van der Waals surface area (Å²) in [5.74, 6) is 2.38. The first-order valence-corrected chi connectivity index (χ1v) is 16.5. The molecule has 0 radical (unpaired) electrons. The van der Waals surface area contributed by atoms with Crippen LogP contribution in [0.5, 0.6) is 5.75 Å². The van der Waals surface area contributed by atoms with Gasteiger partial charge in [0.25, 0.3) is 0 Å². The van der Waals surface area contributed by atoms with Gasteiger partial charge in [-0.1, -0.05) is 48.5 Å². The molecule has 8 heteroatoms. The van der Waals surface area contributed by atoms with Crippen LogP contribution in [-0.4, -0.2) is 76.7 Å². The summed E-state index contributed by atoms with van der Waals surface area (Å²) in [5.41, 5.74) is 4.50. The Hall–Kier alpha value is -4.27. The lowest BCUT2D eigenvalue weighted by molar-refractivity contribution is 0.145. The van der Waals surface area contributed by atoms with Gasteiger partial charge in [0.2, 0.25) is 0 Å². The lowest BCUT2D eigenvalue weighted by atomic mass is 9.98. The Morgan fingerprint density at radius 3 is 2.40 bits per heavy atom. The second kappa shape index (κ2) is 14.2. The quantitative estimate of drug-likeness (QED) is 0.179. The molecule has 2 N–H and O–H groups in total. The van der Waals surface area contributed by atoms with E-state index in [1.54, 1.807) is 6.33 Å². The van der Waals surface area contributed by atoms with Crippen molar-refractivity contribution in [2.45, 2.75) is 38.3 Å². The molecule has 0 amide bonds. The molecule has 2 fully saturated rings. The molecule has 45 heavy (non-hydrogen) atoms. The molecule has 2 aliphatic rings. The fourth-order valence-electron chi connectivity index (χ4n) is 6.70. The highest BCUT2D eigenvalue weighted by atomic mass is 16.5. The summed E-state index contributed by atoms with van der Waals surface area (Å²) in [7, 11) is 0. The van der Waals surface area contributed by atoms with Crippen LogP contribution >= 0.6 is 0 Å². The van der Waals surface area contributed by atoms with Crippen molar-refractivity contribution in [1.29, 1.82) is 0 Å². The molecule has 2 aliphatic heterocycles. The van der Waals surface area contributed by atoms with E-state index in [-0.39, 0.29) is 0 Å². The van der Waals surface area contributed by atoms with E-state index in [4.69, 9.17) is 4.74 Å². The maximum Gasteiger partial charge on any atom is 0.137 e. The lowest BCUT2D eigenvalue weighted by Gasteiger charge is -2.32. The van der Waals surface area contributed by atoms with Crippen molar-refractivity contribution in [1.82, 2.24) is 24.8 Å². The largest absolute Gasteiger partial charge is 0.493 e. The zero-order valence-corrected chi connectivity index (χ0v) is 25.9. The maximum absolute atomic E-state index is 6.30. The number of benzene rings is 3. The topological polar surface area (TPSA) is 78.4 Å². The number of aromatic nitrogens is 3. The van der Waals surface area contributed by atoms with Crippen molar-refractivity contribution in [3.63, 3.8) is 0 Å². The van der Waals surface area contributed by atoms with Crippen LogP contribution in [0.4, 0.5) is 11.5 Å². The normalized spacial score (nSPS) is 17.1. The lowest BCUT2D eigenvalue weighted by Crippen LogP contribution is -2.38. The molecule has 8 nitrogen and oxygen atoms in total. The molecule has 0 spiro atoms. The van der Waals surface area contributed by atoms with Crippen LogP contribution in [0.15, 0.2) is 91.4 Å². The number of likely N-dealkylation sites (tertiary alicyclic amines) is 2. The minimum absolute atomic E-state index is 0.420. The first-order valence-electron chi connectivity index (χ1n) is 16.5. The molecule has 5 aromatic rings. The van der Waals surface area contributed by atoms with Gasteiger partial charge in [-0.2, -0.15) is 0 Å². The number of pyridine rings is 1. The first kappa shape index (κ1) is 29.4. The van der Waals surface area contributed by atoms with Crippen LogP contribution in [0.1, 0.15) is 31.2 Å². The number of rotatable bonds is 11. The van der Waals surface area contributed by atoms with Gasteiger partial charge in [-0.15, -0.1) is 0 Å². The van der Waals surface area contributed by atoms with Crippen LogP contribution < -0.4 is 15.4 Å². The number of ether oxygens (including phenoxy) is 1. The third-order valence-corrected chi connectivity index (χ3v) is 9.37. The van der Waals surface area contributed by atoms with Crippen molar-refractivity contribution >= 4 is 33.3 Å². The predicted octanol–water partition coefficient (Wildman–Crippen LogP) is 6.46. The van der Waals surface area contributed by atoms with Crippen LogP contribution in [-0.2, 0) is 6.54 Å². The molecule has 0 saturated carbocycles. The van der Waals surface area contributed by atoms with Crippen molar-refractivity contribution in [3.8, 4) is 5.75 Å². The molecule has 2 aromatic heterocycles. The smallest absolute Gasteiger partial charge is 0.137 e. The van der Waals surface area contributed by atoms with Crippen LogP contribution in [0.2, 0.25) is 0 Å². The van der Waals surface area contributed by atoms with Gasteiger partial charge in [-0.25, -0.2) is 9.97 Å². The maximum atomic E-state index is 6.30. The number of hydrogen-bond donors (Lipinski definition) is 2. The number of piperidine rings is 2. The van der Waals surface area contributed by atoms with Gasteiger partial charge in [0.05, 0.1) is 17.6 Å². The highest BCUT2D eigenvalue weighted by Gasteiger charge is 2.21. The highest BCUT2D eigenvalue weighted by Crippen LogP contribution is 2.27. The van der Waals surface area contributed by atoms with E-state index in [9.17, 15) is 0 Å². The Balaban J connectivity index is 0.850. The summed E-state index contributed by atoms with van der Waals surface area (Å²) in [6.45, 7) is 8.14. The van der Waals surface area contributed by atoms with Gasteiger partial charge in [0.1, 0.15) is 17.9 Å². The summed E-state index contributed by atoms with van der Waals surface area (Å²) in [4.78, 5) is 18.7. The van der Waals surface area contributed by atoms with Gasteiger partial charge in [0, 0.05) is 67.5 Å². The van der Waals surface area contributed by atoms with Crippen molar-refractivity contribution < 1.29 is 4.74 Å². The second-order valence-electron chi connectivity index (χ2n) is 12.5. The summed E-state index contributed by atoms with van der Waals surface area (Å²) < 4.78 is 6.30. The van der Waals surface area contributed by atoms with Crippen LogP contribution in [0, 0.1) is 5.92 Å². The summed E-state index contributed by atoms with van der Waals surface area (Å²) in [6.07, 6.45) is 8.08. The van der Waals surface area contributed by atoms with Crippen molar-refractivity contribution in [2.75, 3.05) is 56.5 Å². The summed E-state index contributed by atoms with van der Waals surface area (Å²) in [5, 5.41) is 9.57. The first-order chi connectivity index (χ1) is 22.3. The standard InChI is InChI=1S/C37H43N7O/c1-2-6-28(7-3-1)25-44-21-15-30(16-22-44)42-37-33-11-10-31(24-36(33)40-27-41-37)45-26-29-13-19-43(20-14-29)23-18-39-35-12-17-38-34-9-5-4-8-32(34)35/h1-12,17,24,27,29-30H,13-16,18-23,25-26H2,(H,38,39)(H,40,41,42). The number of hydrogen-bond acceptors (Lipinski definition) is 8. The van der Waals surface area contributed by atoms with E-state index in [0.717, 1.165) is 112 Å². The summed E-state index contributed by atoms with van der Waals surface area (Å²) in [6, 6.07) is 27.8. The average molecular weight is 602 g/mol. The van der Waals surface area contributed by atoms with Gasteiger partial charge in [-0.05, 0) is 74.5 Å². The fourth-order valence-corrected chi connectivity index (χ4v) is 6.70. The molecule has 2 saturated heterocycles. The Kier molecular flexibility index (Phi) is 9.31. The van der Waals surface area contributed by atoms with E-state index in [1.807, 2.05) is 12.3 Å². The molecule has 3 aromatic carbocycles. The number of nitrogens with one attached hydrogen (secondary N) is 2. The van der Waals surface area contributed by atoms with E-state index in [0.29, 0.717) is 12.0 Å². The molecular weight excluding hydrogens is 558 g/mol. The number of nitrogens with zero attached hydrogens (tertiary/aromatic N) is 5. The monoisotopic (exact) mass is 601 g/mol. The molecule has 0 bridgehead atoms. The van der Waals surface area contributed by atoms with Crippen molar-refractivity contribution in [2.24, 2.45) is 5.92 Å². The average Bonchev–Trinajstić information content (AvgIpc) is 3.09. The molecular formula is C37H43N7O. The highest BCUT2D eigenvalue weighted by molar-refractivity contribution is 5.91. The predicted molar refractivity (Wildman–Crippen MR) is 183 cm³/mol. The molecule has 7 rings (SSSR count). The zero-order valence-electron chi connectivity index (χ0n) is 25.9. The van der Waals surface area contributed by atoms with Crippen LogP contribution in [0.3, 0.4) is 0 Å². The fraction of sp³-hybridized carbons (Fsp3) is 0.378. The third-order valence-electron chi connectivity index (χ3n) is 9.37. The van der Waals surface area contributed by atoms with E-state index < -0.39 is 0 Å². The van der Waals surface area contributed by atoms with Crippen molar-refractivity contribution in [3.05, 3.63) is 97.0 Å². The Morgan fingerprint density at radius 1 is 0.733 bits per heavy atom. The SMILES string of the molecule is c1ccc(CN2CCC(Nc3ncnc4cc(OCC5CCN(CCNc6ccnc7ccccc67)CC5)ccc34)CC2)cc1. The van der Waals surface area contributed by atoms with Gasteiger partial charge in [-0.3, -0.25) is 9.88 Å². The Morgan fingerprint density at radius 2 is 1.53 bits per heavy atom. The molecule has 0 aliphatic carbocycles. The van der Waals surface area contributed by atoms with Gasteiger partial charge < -0.3 is 20.3 Å². The zero-order chi connectivity index (χ0) is 30.3. The van der Waals surface area contributed by atoms with Crippen LogP contribution in [0.25, 0.3) is 21.8 Å². The number of para-hydroxylation sites is 1. The molecule has 232 valence electrons. The van der Waals surface area contributed by atoms with Gasteiger partial charge >= 0.3 is 0 Å². The molecule has 0 atom stereocenters. The van der Waals surface area contributed by atoms with Gasteiger partial charge in [0.15, 0.2) is 0 Å². The van der Waals surface area contributed by atoms with E-state index in [2.05, 4.69) is 108 Å². The summed E-state index contributed by atoms with van der Waals surface area (Å²) >= 11 is 0. The second-order valence-corrected chi connectivity index (χ2v) is 12.5. The number of fused-ring (bicyclic) bond motifs is 2. The van der Waals surface area contributed by atoms with E-state index in [1.165, 1.54) is 10.9 Å². The number of anilines is 2. The molecule has 4 heterocycles. The minimum Gasteiger partial charge on any atom is -0.493 e. The minimum atomic E-state index is 0.420. The Labute approximate surface area is 265 Å².